The predicted octanol–water partition coefficient (Wildman–Crippen LogP) is 1.16. The Labute approximate surface area is 116 Å². The molecule has 1 heterocycles. The molecule has 2 rings (SSSR count). The first-order chi connectivity index (χ1) is 9.52. The summed E-state index contributed by atoms with van der Waals surface area (Å²) in [5, 5.41) is 6.24. The number of carbonyl (C=O) groups excluding carboxylic acids is 1. The van der Waals surface area contributed by atoms with Gasteiger partial charge in [0.05, 0.1) is 5.69 Å². The molecule has 0 aliphatic carbocycles. The first-order valence-electron chi connectivity index (χ1n) is 6.24. The molecule has 0 aliphatic rings. The Hall–Kier alpha value is -2.47. The largest absolute Gasteiger partial charge is 0.290 e. The van der Waals surface area contributed by atoms with Crippen LogP contribution < -0.4 is 16.8 Å². The molecule has 1 aromatic carbocycles. The number of hydrogen-bond acceptors (Lipinski definition) is 4. The number of nitrogens with zero attached hydrogens (tertiary/aromatic N) is 1. The van der Waals surface area contributed by atoms with Gasteiger partial charge in [-0.15, -0.1) is 0 Å². The standard InChI is InChI=1S/C14H16N4O2/c1-8(2)9-3-5-10(6-4-9)12-7-11(13(19)16-15)14(20)18-17-12/h3-8H,15H2,1-2H3,(H,16,19)(H,18,20). The Kier molecular flexibility index (Phi) is 3.95. The van der Waals surface area contributed by atoms with E-state index < -0.39 is 11.5 Å². The van der Waals surface area contributed by atoms with Crippen LogP contribution in [0.3, 0.4) is 0 Å². The number of H-pyrrole nitrogens is 1. The molecule has 0 bridgehead atoms. The molecule has 0 saturated heterocycles. The van der Waals surface area contributed by atoms with Gasteiger partial charge in [0.25, 0.3) is 11.5 Å². The number of hydrogen-bond donors (Lipinski definition) is 3. The summed E-state index contributed by atoms with van der Waals surface area (Å²) in [5.41, 5.74) is 3.84. The quantitative estimate of drug-likeness (QED) is 0.443. The summed E-state index contributed by atoms with van der Waals surface area (Å²) in [6.07, 6.45) is 0. The lowest BCUT2D eigenvalue weighted by atomic mass is 10.0. The Morgan fingerprint density at radius 2 is 1.95 bits per heavy atom. The van der Waals surface area contributed by atoms with Crippen molar-refractivity contribution in [2.45, 2.75) is 19.8 Å². The molecule has 2 aromatic rings. The highest BCUT2D eigenvalue weighted by atomic mass is 16.2. The smallest absolute Gasteiger partial charge is 0.277 e. The number of amides is 1. The van der Waals surface area contributed by atoms with Crippen LogP contribution >= 0.6 is 0 Å². The minimum atomic E-state index is -0.645. The maximum atomic E-state index is 11.5. The molecular weight excluding hydrogens is 256 g/mol. The summed E-state index contributed by atoms with van der Waals surface area (Å²) in [5.74, 6) is 4.83. The lowest BCUT2D eigenvalue weighted by molar-refractivity contribution is 0.0952. The third kappa shape index (κ3) is 2.75. The Morgan fingerprint density at radius 1 is 1.30 bits per heavy atom. The van der Waals surface area contributed by atoms with Gasteiger partial charge in [-0.1, -0.05) is 38.1 Å². The molecular formula is C14H16N4O2. The number of hydrazine groups is 1. The fourth-order valence-electron chi connectivity index (χ4n) is 1.84. The zero-order valence-electron chi connectivity index (χ0n) is 11.3. The fraction of sp³-hybridized carbons (Fsp3) is 0.214. The third-order valence-corrected chi connectivity index (χ3v) is 3.05. The summed E-state index contributed by atoms with van der Waals surface area (Å²) >= 11 is 0. The van der Waals surface area contributed by atoms with Crippen molar-refractivity contribution in [1.82, 2.24) is 15.6 Å². The number of benzene rings is 1. The van der Waals surface area contributed by atoms with Gasteiger partial charge in [-0.25, -0.2) is 10.9 Å². The van der Waals surface area contributed by atoms with Crippen molar-refractivity contribution in [2.24, 2.45) is 5.84 Å². The number of aromatic amines is 1. The first kappa shape index (κ1) is 14.0. The second-order valence-electron chi connectivity index (χ2n) is 4.75. The van der Waals surface area contributed by atoms with Crippen molar-refractivity contribution in [2.75, 3.05) is 0 Å². The van der Waals surface area contributed by atoms with Crippen LogP contribution in [0.4, 0.5) is 0 Å². The van der Waals surface area contributed by atoms with Crippen molar-refractivity contribution >= 4 is 5.91 Å². The first-order valence-corrected chi connectivity index (χ1v) is 6.24. The average Bonchev–Trinajstić information content (AvgIpc) is 2.47. The minimum Gasteiger partial charge on any atom is -0.290 e. The van der Waals surface area contributed by atoms with Crippen LogP contribution in [0.25, 0.3) is 11.3 Å². The summed E-state index contributed by atoms with van der Waals surface area (Å²) < 4.78 is 0. The van der Waals surface area contributed by atoms with Crippen molar-refractivity contribution in [1.29, 1.82) is 0 Å². The van der Waals surface area contributed by atoms with Crippen molar-refractivity contribution < 1.29 is 4.79 Å². The van der Waals surface area contributed by atoms with Crippen molar-refractivity contribution in [3.63, 3.8) is 0 Å². The highest BCUT2D eigenvalue weighted by Crippen LogP contribution is 2.20. The van der Waals surface area contributed by atoms with Gasteiger partial charge in [0.2, 0.25) is 0 Å². The molecule has 0 radical (unpaired) electrons. The van der Waals surface area contributed by atoms with E-state index in [4.69, 9.17) is 5.84 Å². The maximum Gasteiger partial charge on any atom is 0.277 e. The highest BCUT2D eigenvalue weighted by molar-refractivity contribution is 5.94. The minimum absolute atomic E-state index is 0.0644. The molecule has 6 nitrogen and oxygen atoms in total. The van der Waals surface area contributed by atoms with Crippen LogP contribution in [-0.4, -0.2) is 16.1 Å². The van der Waals surface area contributed by atoms with E-state index in [0.29, 0.717) is 11.6 Å². The topological polar surface area (TPSA) is 101 Å². The van der Waals surface area contributed by atoms with Gasteiger partial charge in [0.15, 0.2) is 0 Å². The van der Waals surface area contributed by atoms with Crippen molar-refractivity contribution in [3.05, 3.63) is 51.8 Å². The van der Waals surface area contributed by atoms with E-state index >= 15 is 0 Å². The fourth-order valence-corrected chi connectivity index (χ4v) is 1.84. The van der Waals surface area contributed by atoms with Crippen LogP contribution in [0.5, 0.6) is 0 Å². The Morgan fingerprint density at radius 3 is 2.50 bits per heavy atom. The predicted molar refractivity (Wildman–Crippen MR) is 76.0 cm³/mol. The molecule has 6 heteroatoms. The van der Waals surface area contributed by atoms with E-state index in [1.165, 1.54) is 11.6 Å². The third-order valence-electron chi connectivity index (χ3n) is 3.05. The number of nitrogen functional groups attached to an aromatic ring is 1. The SMILES string of the molecule is CC(C)c1ccc(-c2cc(C(=O)NN)c(=O)[nH]n2)cc1. The molecule has 1 aromatic heterocycles. The van der Waals surface area contributed by atoms with Crippen LogP contribution in [0, 0.1) is 0 Å². The van der Waals surface area contributed by atoms with E-state index in [9.17, 15) is 9.59 Å². The maximum absolute atomic E-state index is 11.5. The van der Waals surface area contributed by atoms with E-state index in [1.54, 1.807) is 0 Å². The van der Waals surface area contributed by atoms with Crippen LogP contribution in [-0.2, 0) is 0 Å². The van der Waals surface area contributed by atoms with E-state index in [0.717, 1.165) is 5.56 Å². The highest BCUT2D eigenvalue weighted by Gasteiger charge is 2.12. The lowest BCUT2D eigenvalue weighted by Crippen LogP contribution is -2.34. The van der Waals surface area contributed by atoms with E-state index in [1.807, 2.05) is 29.7 Å². The van der Waals surface area contributed by atoms with Gasteiger partial charge >= 0.3 is 0 Å². The molecule has 20 heavy (non-hydrogen) atoms. The molecule has 1 amide bonds. The summed E-state index contributed by atoms with van der Waals surface area (Å²) in [6, 6.07) is 9.22. The molecule has 0 spiro atoms. The summed E-state index contributed by atoms with van der Waals surface area (Å²) in [4.78, 5) is 23.0. The second kappa shape index (κ2) is 5.66. The zero-order chi connectivity index (χ0) is 14.7. The molecule has 0 aliphatic heterocycles. The second-order valence-corrected chi connectivity index (χ2v) is 4.75. The number of carbonyl (C=O) groups is 1. The molecule has 104 valence electrons. The van der Waals surface area contributed by atoms with Gasteiger partial charge in [0.1, 0.15) is 5.56 Å². The summed E-state index contributed by atoms with van der Waals surface area (Å²) in [7, 11) is 0. The normalized spacial score (nSPS) is 10.6. The van der Waals surface area contributed by atoms with Crippen molar-refractivity contribution in [3.8, 4) is 11.3 Å². The number of aromatic nitrogens is 2. The van der Waals surface area contributed by atoms with Gasteiger partial charge in [-0.3, -0.25) is 15.0 Å². The van der Waals surface area contributed by atoms with E-state index in [-0.39, 0.29) is 5.56 Å². The monoisotopic (exact) mass is 272 g/mol. The van der Waals surface area contributed by atoms with Crippen LogP contribution in [0.15, 0.2) is 35.1 Å². The van der Waals surface area contributed by atoms with E-state index in [2.05, 4.69) is 24.0 Å². The summed E-state index contributed by atoms with van der Waals surface area (Å²) in [6.45, 7) is 4.22. The number of nitrogens with one attached hydrogen (secondary N) is 2. The Balaban J connectivity index is 2.43. The Bertz CT molecular complexity index is 674. The van der Waals surface area contributed by atoms with Crippen LogP contribution in [0.1, 0.15) is 35.7 Å². The number of rotatable bonds is 3. The van der Waals surface area contributed by atoms with Gasteiger partial charge < -0.3 is 0 Å². The number of nitrogens with two attached hydrogens (primary N) is 1. The molecule has 0 saturated carbocycles. The molecule has 0 fully saturated rings. The lowest BCUT2D eigenvalue weighted by Gasteiger charge is -2.07. The van der Waals surface area contributed by atoms with Gasteiger partial charge in [0, 0.05) is 5.56 Å². The van der Waals surface area contributed by atoms with Gasteiger partial charge in [-0.2, -0.15) is 5.10 Å². The van der Waals surface area contributed by atoms with Gasteiger partial charge in [-0.05, 0) is 17.5 Å². The van der Waals surface area contributed by atoms with Crippen LogP contribution in [0.2, 0.25) is 0 Å². The molecule has 0 unspecified atom stereocenters. The zero-order valence-corrected chi connectivity index (χ0v) is 11.3. The molecule has 4 N–H and O–H groups in total. The molecule has 0 atom stereocenters. The average molecular weight is 272 g/mol.